The van der Waals surface area contributed by atoms with Crippen molar-refractivity contribution in [3.8, 4) is 0 Å². The minimum absolute atomic E-state index is 0.0696. The molecule has 1 aromatic heterocycles. The summed E-state index contributed by atoms with van der Waals surface area (Å²) in [7, 11) is 0. The molecule has 24 heavy (non-hydrogen) atoms. The van der Waals surface area contributed by atoms with Crippen LogP contribution in [0.2, 0.25) is 0 Å². The SMILES string of the molecule is CC1CC(C(=O)Nc2n[nH]c(Cc3cccc(F)c3)n2)CC(C)O1. The van der Waals surface area contributed by atoms with Crippen molar-refractivity contribution in [1.29, 1.82) is 0 Å². The van der Waals surface area contributed by atoms with Crippen LogP contribution in [0.1, 0.15) is 38.1 Å². The molecule has 0 bridgehead atoms. The number of carbonyl (C=O) groups excluding carboxylic acids is 1. The fourth-order valence-electron chi connectivity index (χ4n) is 3.10. The lowest BCUT2D eigenvalue weighted by Gasteiger charge is -2.30. The molecule has 7 heteroatoms. The van der Waals surface area contributed by atoms with E-state index in [-0.39, 0.29) is 35.8 Å². The molecule has 1 aliphatic rings. The topological polar surface area (TPSA) is 79.9 Å². The predicted octanol–water partition coefficient (Wildman–Crippen LogP) is 2.68. The Morgan fingerprint density at radius 1 is 1.38 bits per heavy atom. The van der Waals surface area contributed by atoms with E-state index in [9.17, 15) is 9.18 Å². The number of nitrogens with one attached hydrogen (secondary N) is 2. The first-order chi connectivity index (χ1) is 11.5. The standard InChI is InChI=1S/C17H21FN4O2/c1-10-6-13(7-11(2)24-10)16(23)20-17-19-15(21-22-17)9-12-4-3-5-14(18)8-12/h3-5,8,10-11,13H,6-7,9H2,1-2H3,(H2,19,20,21,22,23). The van der Waals surface area contributed by atoms with Crippen LogP contribution in [0, 0.1) is 11.7 Å². The molecular weight excluding hydrogens is 311 g/mol. The Kier molecular flexibility index (Phi) is 4.89. The highest BCUT2D eigenvalue weighted by molar-refractivity contribution is 5.91. The lowest BCUT2D eigenvalue weighted by molar-refractivity contribution is -0.127. The zero-order valence-electron chi connectivity index (χ0n) is 13.8. The smallest absolute Gasteiger partial charge is 0.248 e. The van der Waals surface area contributed by atoms with E-state index < -0.39 is 0 Å². The fraction of sp³-hybridized carbons (Fsp3) is 0.471. The van der Waals surface area contributed by atoms with Crippen LogP contribution in [-0.4, -0.2) is 33.3 Å². The van der Waals surface area contributed by atoms with E-state index >= 15 is 0 Å². The van der Waals surface area contributed by atoms with Crippen molar-refractivity contribution in [3.63, 3.8) is 0 Å². The zero-order chi connectivity index (χ0) is 17.1. The van der Waals surface area contributed by atoms with Crippen molar-refractivity contribution < 1.29 is 13.9 Å². The van der Waals surface area contributed by atoms with E-state index in [4.69, 9.17) is 4.74 Å². The van der Waals surface area contributed by atoms with Gasteiger partial charge in [-0.25, -0.2) is 4.39 Å². The minimum atomic E-state index is -0.289. The molecule has 2 aromatic rings. The number of aromatic amines is 1. The van der Waals surface area contributed by atoms with Crippen LogP contribution in [0.3, 0.4) is 0 Å². The Morgan fingerprint density at radius 2 is 2.12 bits per heavy atom. The molecule has 2 heterocycles. The van der Waals surface area contributed by atoms with Gasteiger partial charge in [-0.2, -0.15) is 4.98 Å². The summed E-state index contributed by atoms with van der Waals surface area (Å²) in [4.78, 5) is 16.6. The van der Waals surface area contributed by atoms with E-state index in [2.05, 4.69) is 20.5 Å². The third-order valence-electron chi connectivity index (χ3n) is 4.10. The fourth-order valence-corrected chi connectivity index (χ4v) is 3.10. The molecule has 2 unspecified atom stereocenters. The van der Waals surface area contributed by atoms with Crippen LogP contribution < -0.4 is 5.32 Å². The Morgan fingerprint density at radius 3 is 2.83 bits per heavy atom. The highest BCUT2D eigenvalue weighted by Crippen LogP contribution is 2.25. The number of hydrogen-bond donors (Lipinski definition) is 2. The maximum absolute atomic E-state index is 13.2. The normalized spacial score (nSPS) is 23.9. The van der Waals surface area contributed by atoms with Crippen molar-refractivity contribution in [2.75, 3.05) is 5.32 Å². The molecule has 1 fully saturated rings. The highest BCUT2D eigenvalue weighted by atomic mass is 19.1. The zero-order valence-corrected chi connectivity index (χ0v) is 13.8. The van der Waals surface area contributed by atoms with Crippen molar-refractivity contribution in [3.05, 3.63) is 41.5 Å². The minimum Gasteiger partial charge on any atom is -0.376 e. The van der Waals surface area contributed by atoms with Gasteiger partial charge in [-0.15, -0.1) is 5.10 Å². The molecule has 3 rings (SSSR count). The molecule has 1 amide bonds. The largest absolute Gasteiger partial charge is 0.376 e. The number of hydrogen-bond acceptors (Lipinski definition) is 4. The lowest BCUT2D eigenvalue weighted by Crippen LogP contribution is -2.36. The molecule has 0 saturated carbocycles. The van der Waals surface area contributed by atoms with Gasteiger partial charge in [0.25, 0.3) is 0 Å². The number of H-pyrrole nitrogens is 1. The third-order valence-corrected chi connectivity index (χ3v) is 4.10. The predicted molar refractivity (Wildman–Crippen MR) is 87.0 cm³/mol. The molecule has 128 valence electrons. The molecule has 1 aromatic carbocycles. The summed E-state index contributed by atoms with van der Waals surface area (Å²) in [6.07, 6.45) is 1.94. The molecule has 0 aliphatic carbocycles. The van der Waals surface area contributed by atoms with E-state index in [1.54, 1.807) is 6.07 Å². The molecule has 2 atom stereocenters. The average molecular weight is 332 g/mol. The van der Waals surface area contributed by atoms with Crippen LogP contribution >= 0.6 is 0 Å². The molecule has 1 aliphatic heterocycles. The van der Waals surface area contributed by atoms with E-state index in [1.165, 1.54) is 12.1 Å². The monoisotopic (exact) mass is 332 g/mol. The average Bonchev–Trinajstić information content (AvgIpc) is 2.93. The first-order valence-corrected chi connectivity index (χ1v) is 8.11. The summed E-state index contributed by atoms with van der Waals surface area (Å²) in [5.74, 6) is 0.341. The molecule has 2 N–H and O–H groups in total. The number of benzene rings is 1. The molecule has 1 saturated heterocycles. The van der Waals surface area contributed by atoms with Gasteiger partial charge in [0, 0.05) is 12.3 Å². The molecular formula is C17H21FN4O2. The number of amides is 1. The Labute approximate surface area is 139 Å². The third kappa shape index (κ3) is 4.17. The van der Waals surface area contributed by atoms with Crippen LogP contribution in [0.5, 0.6) is 0 Å². The number of anilines is 1. The molecule has 0 spiro atoms. The molecule has 0 radical (unpaired) electrons. The van der Waals surface area contributed by atoms with Gasteiger partial charge in [-0.3, -0.25) is 15.2 Å². The first-order valence-electron chi connectivity index (χ1n) is 8.11. The highest BCUT2D eigenvalue weighted by Gasteiger charge is 2.30. The summed E-state index contributed by atoms with van der Waals surface area (Å²) in [5, 5.41) is 9.54. The van der Waals surface area contributed by atoms with Gasteiger partial charge >= 0.3 is 0 Å². The van der Waals surface area contributed by atoms with E-state index in [0.29, 0.717) is 25.1 Å². The van der Waals surface area contributed by atoms with Crippen molar-refractivity contribution in [2.45, 2.75) is 45.3 Å². The van der Waals surface area contributed by atoms with Crippen LogP contribution in [0.25, 0.3) is 0 Å². The number of carbonyl (C=O) groups is 1. The maximum Gasteiger partial charge on any atom is 0.248 e. The second kappa shape index (κ2) is 7.09. The Hall–Kier alpha value is -2.28. The van der Waals surface area contributed by atoms with Gasteiger partial charge in [0.2, 0.25) is 11.9 Å². The first kappa shape index (κ1) is 16.6. The number of ether oxygens (including phenoxy) is 1. The summed E-state index contributed by atoms with van der Waals surface area (Å²) in [6, 6.07) is 6.31. The van der Waals surface area contributed by atoms with Crippen LogP contribution in [-0.2, 0) is 16.0 Å². The van der Waals surface area contributed by atoms with E-state index in [1.807, 2.05) is 19.9 Å². The second-order valence-electron chi connectivity index (χ2n) is 6.33. The van der Waals surface area contributed by atoms with E-state index in [0.717, 1.165) is 5.56 Å². The lowest BCUT2D eigenvalue weighted by atomic mass is 9.92. The van der Waals surface area contributed by atoms with Crippen LogP contribution in [0.4, 0.5) is 10.3 Å². The maximum atomic E-state index is 13.2. The number of aromatic nitrogens is 3. The summed E-state index contributed by atoms with van der Waals surface area (Å²) in [6.45, 7) is 3.94. The van der Waals surface area contributed by atoms with Gasteiger partial charge in [0.1, 0.15) is 11.6 Å². The number of halogens is 1. The van der Waals surface area contributed by atoms with Gasteiger partial charge in [-0.05, 0) is 44.4 Å². The summed E-state index contributed by atoms with van der Waals surface area (Å²) < 4.78 is 18.9. The van der Waals surface area contributed by atoms with Crippen molar-refractivity contribution in [1.82, 2.24) is 15.2 Å². The number of rotatable bonds is 4. The second-order valence-corrected chi connectivity index (χ2v) is 6.33. The quantitative estimate of drug-likeness (QED) is 0.902. The van der Waals surface area contributed by atoms with Crippen LogP contribution in [0.15, 0.2) is 24.3 Å². The summed E-state index contributed by atoms with van der Waals surface area (Å²) >= 11 is 0. The van der Waals surface area contributed by atoms with Gasteiger partial charge in [0.05, 0.1) is 12.2 Å². The number of nitrogens with zero attached hydrogens (tertiary/aromatic N) is 2. The summed E-state index contributed by atoms with van der Waals surface area (Å²) in [5.41, 5.74) is 0.788. The van der Waals surface area contributed by atoms with Gasteiger partial charge < -0.3 is 4.74 Å². The Bertz CT molecular complexity index is 708. The van der Waals surface area contributed by atoms with Crippen molar-refractivity contribution in [2.24, 2.45) is 5.92 Å². The Balaban J connectivity index is 1.60. The molecule has 6 nitrogen and oxygen atoms in total. The van der Waals surface area contributed by atoms with Crippen molar-refractivity contribution >= 4 is 11.9 Å². The van der Waals surface area contributed by atoms with Gasteiger partial charge in [-0.1, -0.05) is 12.1 Å². The van der Waals surface area contributed by atoms with Gasteiger partial charge in [0.15, 0.2) is 0 Å².